The minimum absolute atomic E-state index is 0.0393. The van der Waals surface area contributed by atoms with Crippen molar-refractivity contribution in [1.82, 2.24) is 4.90 Å². The predicted octanol–water partition coefficient (Wildman–Crippen LogP) is -0.0252. The number of ether oxygens (including phenoxy) is 1. The van der Waals surface area contributed by atoms with E-state index in [2.05, 4.69) is 0 Å². The molecule has 98 valence electrons. The van der Waals surface area contributed by atoms with Gasteiger partial charge in [0.2, 0.25) is 0 Å². The molecule has 1 aromatic carbocycles. The molecule has 2 rings (SSSR count). The first-order chi connectivity index (χ1) is 8.72. The lowest BCUT2D eigenvalue weighted by Crippen LogP contribution is -2.52. The van der Waals surface area contributed by atoms with Crippen LogP contribution in [0.5, 0.6) is 5.75 Å². The van der Waals surface area contributed by atoms with Crippen molar-refractivity contribution in [2.45, 2.75) is 6.54 Å². The number of hydrogen-bond acceptors (Lipinski definition) is 4. The van der Waals surface area contributed by atoms with E-state index in [0.717, 1.165) is 5.56 Å². The molecule has 0 saturated carbocycles. The number of carbonyl (C=O) groups excluding carboxylic acids is 1. The van der Waals surface area contributed by atoms with Crippen LogP contribution in [0.25, 0.3) is 0 Å². The van der Waals surface area contributed by atoms with Crippen LogP contribution in [0.2, 0.25) is 0 Å². The van der Waals surface area contributed by atoms with Crippen molar-refractivity contribution >= 4 is 5.91 Å². The maximum absolute atomic E-state index is 11.7. The summed E-state index contributed by atoms with van der Waals surface area (Å²) < 4.78 is 5.40. The van der Waals surface area contributed by atoms with Crippen LogP contribution in [0.4, 0.5) is 0 Å². The van der Waals surface area contributed by atoms with Gasteiger partial charge in [-0.1, -0.05) is 12.1 Å². The first-order valence-electron chi connectivity index (χ1n) is 6.03. The van der Waals surface area contributed by atoms with Crippen molar-refractivity contribution in [2.75, 3.05) is 26.3 Å². The standard InChI is InChI=1S/C13H18N2O3/c14-5-10-1-3-12(4-2-10)18-9-13(17)15-6-11(7-15)8-16/h1-4,11,16H,5-9,14H2. The number of rotatable bonds is 5. The first-order valence-corrected chi connectivity index (χ1v) is 6.03. The van der Waals surface area contributed by atoms with Crippen molar-refractivity contribution in [1.29, 1.82) is 0 Å². The van der Waals surface area contributed by atoms with Crippen molar-refractivity contribution < 1.29 is 14.6 Å². The van der Waals surface area contributed by atoms with Gasteiger partial charge in [-0.25, -0.2) is 0 Å². The SMILES string of the molecule is NCc1ccc(OCC(=O)N2CC(CO)C2)cc1. The predicted molar refractivity (Wildman–Crippen MR) is 67.0 cm³/mol. The molecule has 1 amide bonds. The summed E-state index contributed by atoms with van der Waals surface area (Å²) in [6, 6.07) is 7.38. The Hall–Kier alpha value is -1.59. The summed E-state index contributed by atoms with van der Waals surface area (Å²) in [4.78, 5) is 13.4. The summed E-state index contributed by atoms with van der Waals surface area (Å²) in [7, 11) is 0. The highest BCUT2D eigenvalue weighted by molar-refractivity contribution is 5.78. The molecule has 1 aliphatic rings. The minimum atomic E-state index is -0.0393. The van der Waals surface area contributed by atoms with Crippen molar-refractivity contribution in [3.05, 3.63) is 29.8 Å². The zero-order valence-corrected chi connectivity index (χ0v) is 10.2. The van der Waals surface area contributed by atoms with Crippen LogP contribution < -0.4 is 10.5 Å². The van der Waals surface area contributed by atoms with Crippen LogP contribution in [0.3, 0.4) is 0 Å². The number of hydrogen-bond donors (Lipinski definition) is 2. The van der Waals surface area contributed by atoms with Crippen molar-refractivity contribution in [2.24, 2.45) is 11.7 Å². The molecule has 1 aromatic rings. The quantitative estimate of drug-likeness (QED) is 0.769. The molecule has 0 atom stereocenters. The Labute approximate surface area is 106 Å². The fourth-order valence-electron chi connectivity index (χ4n) is 1.85. The molecule has 0 aliphatic carbocycles. The third kappa shape index (κ3) is 3.00. The van der Waals surface area contributed by atoms with E-state index in [9.17, 15) is 4.79 Å². The highest BCUT2D eigenvalue weighted by Crippen LogP contribution is 2.16. The Morgan fingerprint density at radius 3 is 2.61 bits per heavy atom. The monoisotopic (exact) mass is 250 g/mol. The van der Waals surface area contributed by atoms with Crippen LogP contribution in [-0.4, -0.2) is 42.2 Å². The molecule has 0 bridgehead atoms. The zero-order chi connectivity index (χ0) is 13.0. The third-order valence-corrected chi connectivity index (χ3v) is 3.09. The summed E-state index contributed by atoms with van der Waals surface area (Å²) in [5.74, 6) is 0.861. The molecule has 3 N–H and O–H groups in total. The fraction of sp³-hybridized carbons (Fsp3) is 0.462. The molecule has 0 radical (unpaired) electrons. The van der Waals surface area contributed by atoms with E-state index in [1.807, 2.05) is 24.3 Å². The van der Waals surface area contributed by atoms with Crippen LogP contribution >= 0.6 is 0 Å². The number of amides is 1. The average Bonchev–Trinajstić information content (AvgIpc) is 2.36. The van der Waals surface area contributed by atoms with Gasteiger partial charge in [-0.15, -0.1) is 0 Å². The molecule has 18 heavy (non-hydrogen) atoms. The van der Waals surface area contributed by atoms with Gasteiger partial charge < -0.3 is 20.5 Å². The van der Waals surface area contributed by atoms with E-state index < -0.39 is 0 Å². The zero-order valence-electron chi connectivity index (χ0n) is 10.2. The highest BCUT2D eigenvalue weighted by Gasteiger charge is 2.29. The van der Waals surface area contributed by atoms with Gasteiger partial charge >= 0.3 is 0 Å². The van der Waals surface area contributed by atoms with Gasteiger partial charge in [-0.3, -0.25) is 4.79 Å². The maximum atomic E-state index is 11.7. The van der Waals surface area contributed by atoms with Crippen LogP contribution in [-0.2, 0) is 11.3 Å². The second-order valence-electron chi connectivity index (χ2n) is 4.48. The summed E-state index contributed by atoms with van der Waals surface area (Å²) in [5, 5.41) is 8.86. The largest absolute Gasteiger partial charge is 0.484 e. The molecule has 1 heterocycles. The molecule has 0 spiro atoms. The molecule has 1 saturated heterocycles. The normalized spacial score (nSPS) is 15.3. The molecule has 0 aromatic heterocycles. The lowest BCUT2D eigenvalue weighted by atomic mass is 10.0. The number of carbonyl (C=O) groups is 1. The van der Waals surface area contributed by atoms with Gasteiger partial charge in [0.25, 0.3) is 5.91 Å². The van der Waals surface area contributed by atoms with Crippen molar-refractivity contribution in [3.8, 4) is 5.75 Å². The van der Waals surface area contributed by atoms with Crippen LogP contribution in [0.1, 0.15) is 5.56 Å². The fourth-order valence-corrected chi connectivity index (χ4v) is 1.85. The van der Waals surface area contributed by atoms with E-state index in [-0.39, 0.29) is 25.0 Å². The number of aliphatic hydroxyl groups is 1. The Bertz CT molecular complexity index is 399. The van der Waals surface area contributed by atoms with Gasteiger partial charge in [-0.05, 0) is 17.7 Å². The summed E-state index contributed by atoms with van der Waals surface area (Å²) in [5.41, 5.74) is 6.52. The minimum Gasteiger partial charge on any atom is -0.484 e. The molecule has 5 heteroatoms. The second kappa shape index (κ2) is 5.84. The Balaban J connectivity index is 1.75. The molecule has 1 aliphatic heterocycles. The topological polar surface area (TPSA) is 75.8 Å². The number of likely N-dealkylation sites (tertiary alicyclic amines) is 1. The summed E-state index contributed by atoms with van der Waals surface area (Å²) in [6.45, 7) is 1.94. The highest BCUT2D eigenvalue weighted by atomic mass is 16.5. The van der Waals surface area contributed by atoms with Crippen LogP contribution in [0.15, 0.2) is 24.3 Å². The molecular formula is C13H18N2O3. The van der Waals surface area contributed by atoms with E-state index in [0.29, 0.717) is 25.4 Å². The van der Waals surface area contributed by atoms with E-state index >= 15 is 0 Å². The molecular weight excluding hydrogens is 232 g/mol. The summed E-state index contributed by atoms with van der Waals surface area (Å²) in [6.07, 6.45) is 0. The van der Waals surface area contributed by atoms with Crippen LogP contribution in [0, 0.1) is 5.92 Å². The lowest BCUT2D eigenvalue weighted by Gasteiger charge is -2.38. The van der Waals surface area contributed by atoms with Gasteiger partial charge in [0.1, 0.15) is 5.75 Å². The Kier molecular flexibility index (Phi) is 4.17. The second-order valence-corrected chi connectivity index (χ2v) is 4.48. The maximum Gasteiger partial charge on any atom is 0.260 e. The van der Waals surface area contributed by atoms with Crippen molar-refractivity contribution in [3.63, 3.8) is 0 Å². The Morgan fingerprint density at radius 2 is 2.06 bits per heavy atom. The van der Waals surface area contributed by atoms with E-state index in [1.54, 1.807) is 4.90 Å². The molecule has 1 fully saturated rings. The van der Waals surface area contributed by atoms with Gasteiger partial charge in [0.05, 0.1) is 0 Å². The molecule has 5 nitrogen and oxygen atoms in total. The number of nitrogens with two attached hydrogens (primary N) is 1. The number of nitrogens with zero attached hydrogens (tertiary/aromatic N) is 1. The number of benzene rings is 1. The van der Waals surface area contributed by atoms with Gasteiger partial charge in [0.15, 0.2) is 6.61 Å². The third-order valence-electron chi connectivity index (χ3n) is 3.09. The van der Waals surface area contributed by atoms with E-state index in [4.69, 9.17) is 15.6 Å². The number of aliphatic hydroxyl groups excluding tert-OH is 1. The Morgan fingerprint density at radius 1 is 1.39 bits per heavy atom. The van der Waals surface area contributed by atoms with Gasteiger partial charge in [-0.2, -0.15) is 0 Å². The lowest BCUT2D eigenvalue weighted by molar-refractivity contribution is -0.140. The average molecular weight is 250 g/mol. The first kappa shape index (κ1) is 12.9. The smallest absolute Gasteiger partial charge is 0.260 e. The van der Waals surface area contributed by atoms with Gasteiger partial charge in [0, 0.05) is 32.2 Å². The summed E-state index contributed by atoms with van der Waals surface area (Å²) >= 11 is 0. The van der Waals surface area contributed by atoms with E-state index in [1.165, 1.54) is 0 Å². The molecule has 0 unspecified atom stereocenters.